The Morgan fingerprint density at radius 3 is 1.84 bits per heavy atom. The second-order valence-electron chi connectivity index (χ2n) is 15.6. The number of carbonyl (C=O) groups excluding carboxylic acids is 4. The highest BCUT2D eigenvalue weighted by molar-refractivity contribution is 5.97. The highest BCUT2D eigenvalue weighted by Gasteiger charge is 2.28. The highest BCUT2D eigenvalue weighted by Crippen LogP contribution is 2.30. The molecule has 276 valence electrons. The molecule has 1 fully saturated rings. The molecule has 0 saturated carbocycles. The van der Waals surface area contributed by atoms with Gasteiger partial charge in [0.1, 0.15) is 16.8 Å². The molecule has 0 bridgehead atoms. The Kier molecular flexibility index (Phi) is 13.8. The minimum absolute atomic E-state index is 0.00686. The van der Waals surface area contributed by atoms with E-state index >= 15 is 0 Å². The fourth-order valence-electron chi connectivity index (χ4n) is 5.27. The van der Waals surface area contributed by atoms with E-state index in [4.69, 9.17) is 14.2 Å². The number of amides is 4. The molecule has 0 atom stereocenters. The van der Waals surface area contributed by atoms with Gasteiger partial charge < -0.3 is 19.1 Å². The van der Waals surface area contributed by atoms with E-state index in [0.717, 1.165) is 18.4 Å². The Hall–Kier alpha value is -4.93. The zero-order valence-corrected chi connectivity index (χ0v) is 31.7. The third-order valence-corrected chi connectivity index (χ3v) is 7.41. The maximum absolute atomic E-state index is 13.4. The van der Waals surface area contributed by atoms with Crippen molar-refractivity contribution in [2.45, 2.75) is 111 Å². The smallest absolute Gasteiger partial charge is 0.417 e. The minimum atomic E-state index is -0.809. The van der Waals surface area contributed by atoms with Crippen LogP contribution in [0.4, 0.5) is 20.1 Å². The minimum Gasteiger partial charge on any atom is -0.443 e. The molecule has 51 heavy (non-hydrogen) atoms. The van der Waals surface area contributed by atoms with Gasteiger partial charge in [-0.3, -0.25) is 14.7 Å². The molecule has 1 aliphatic rings. The number of benzene rings is 2. The lowest BCUT2D eigenvalue weighted by atomic mass is 9.88. The quantitative estimate of drug-likeness (QED) is 0.262. The molecule has 1 aromatic heterocycles. The molecule has 0 radical (unpaired) electrons. The number of piperidine rings is 1. The first-order chi connectivity index (χ1) is 23.7. The van der Waals surface area contributed by atoms with Crippen LogP contribution in [-0.4, -0.2) is 64.0 Å². The number of hydrogen-bond acceptors (Lipinski definition) is 8. The number of aryl methyl sites for hydroxylation is 1. The Labute approximate surface area is 302 Å². The van der Waals surface area contributed by atoms with Crippen molar-refractivity contribution in [2.24, 2.45) is 0 Å². The van der Waals surface area contributed by atoms with Gasteiger partial charge >= 0.3 is 18.3 Å². The topological polar surface area (TPSA) is 127 Å². The lowest BCUT2D eigenvalue weighted by Gasteiger charge is -2.33. The number of imide groups is 1. The molecule has 0 spiro atoms. The Bertz CT molecular complexity index is 1600. The number of alkyl carbamates (subject to hydrolysis) is 2. The van der Waals surface area contributed by atoms with Gasteiger partial charge in [-0.05, 0) is 129 Å². The Balaban J connectivity index is 0.000000396. The van der Waals surface area contributed by atoms with Crippen LogP contribution in [0.3, 0.4) is 0 Å². The van der Waals surface area contributed by atoms with Crippen molar-refractivity contribution in [3.63, 3.8) is 0 Å². The average Bonchev–Trinajstić information content (AvgIpc) is 3.01. The molecule has 4 amide bonds. The van der Waals surface area contributed by atoms with Gasteiger partial charge in [0.2, 0.25) is 0 Å². The number of aromatic nitrogens is 1. The first-order valence-electron chi connectivity index (χ1n) is 17.3. The molecule has 0 unspecified atom stereocenters. The third-order valence-electron chi connectivity index (χ3n) is 7.41. The number of rotatable bonds is 5. The summed E-state index contributed by atoms with van der Waals surface area (Å²) in [5.41, 5.74) is 2.84. The van der Waals surface area contributed by atoms with Crippen LogP contribution in [0.1, 0.15) is 108 Å². The van der Waals surface area contributed by atoms with Crippen LogP contribution in [0.2, 0.25) is 0 Å². The van der Waals surface area contributed by atoms with E-state index in [-0.39, 0.29) is 5.91 Å². The van der Waals surface area contributed by atoms with Crippen molar-refractivity contribution in [3.8, 4) is 0 Å². The van der Waals surface area contributed by atoms with Crippen LogP contribution in [0.25, 0.3) is 0 Å². The van der Waals surface area contributed by atoms with Crippen LogP contribution in [0.15, 0.2) is 73.1 Å². The third kappa shape index (κ3) is 14.4. The van der Waals surface area contributed by atoms with Crippen molar-refractivity contribution in [1.29, 1.82) is 0 Å². The molecular formula is C40H54N4O7. The van der Waals surface area contributed by atoms with Crippen LogP contribution in [-0.2, 0) is 20.8 Å². The summed E-state index contributed by atoms with van der Waals surface area (Å²) in [5, 5.41) is 1.97. The first-order valence-corrected chi connectivity index (χ1v) is 17.3. The SMILES string of the molecule is CC(C)(C)OC(=O)NC(=O)OC(C)(C)C.Cc1cccc(C2CCN(C(=O)c3cccc(N(Cc4ccncc4)C(=O)OC(C)(C)C)c3)CC2)c1. The molecule has 1 aliphatic heterocycles. The molecule has 4 rings (SSSR count). The van der Waals surface area contributed by atoms with E-state index in [9.17, 15) is 19.2 Å². The van der Waals surface area contributed by atoms with Crippen LogP contribution >= 0.6 is 0 Å². The van der Waals surface area contributed by atoms with Gasteiger partial charge in [0, 0.05) is 36.7 Å². The van der Waals surface area contributed by atoms with E-state index in [1.165, 1.54) is 11.1 Å². The zero-order chi connectivity index (χ0) is 38.0. The van der Waals surface area contributed by atoms with E-state index in [1.807, 2.05) is 61.3 Å². The highest BCUT2D eigenvalue weighted by atomic mass is 16.6. The number of nitrogens with zero attached hydrogens (tertiary/aromatic N) is 3. The monoisotopic (exact) mass is 702 g/mol. The maximum Gasteiger partial charge on any atom is 0.417 e. The molecule has 2 heterocycles. The second-order valence-corrected chi connectivity index (χ2v) is 15.6. The molecule has 1 saturated heterocycles. The summed E-state index contributed by atoms with van der Waals surface area (Å²) in [6.07, 6.45) is 3.21. The Morgan fingerprint density at radius 2 is 1.31 bits per heavy atom. The van der Waals surface area contributed by atoms with Gasteiger partial charge in [0.25, 0.3) is 5.91 Å². The largest absolute Gasteiger partial charge is 0.443 e. The zero-order valence-electron chi connectivity index (χ0n) is 31.7. The molecule has 2 aromatic carbocycles. The number of nitrogens with one attached hydrogen (secondary N) is 1. The van der Waals surface area contributed by atoms with Crippen LogP contribution in [0.5, 0.6) is 0 Å². The summed E-state index contributed by atoms with van der Waals surface area (Å²) in [7, 11) is 0. The first kappa shape index (κ1) is 40.5. The van der Waals surface area contributed by atoms with E-state index in [0.29, 0.717) is 36.8 Å². The molecular weight excluding hydrogens is 648 g/mol. The normalized spacial score (nSPS) is 13.6. The van der Waals surface area contributed by atoms with Gasteiger partial charge in [0.15, 0.2) is 0 Å². The Morgan fingerprint density at radius 1 is 0.765 bits per heavy atom. The number of anilines is 1. The van der Waals surface area contributed by atoms with Crippen LogP contribution < -0.4 is 10.2 Å². The molecule has 3 aromatic rings. The van der Waals surface area contributed by atoms with Crippen LogP contribution in [0, 0.1) is 6.92 Å². The molecule has 11 nitrogen and oxygen atoms in total. The van der Waals surface area contributed by atoms with Gasteiger partial charge in [-0.1, -0.05) is 35.9 Å². The summed E-state index contributed by atoms with van der Waals surface area (Å²) in [4.78, 5) is 56.3. The summed E-state index contributed by atoms with van der Waals surface area (Å²) >= 11 is 0. The molecule has 11 heteroatoms. The lowest BCUT2D eigenvalue weighted by Crippen LogP contribution is -2.39. The lowest BCUT2D eigenvalue weighted by molar-refractivity contribution is 0.0352. The maximum atomic E-state index is 13.4. The average molecular weight is 703 g/mol. The predicted molar refractivity (Wildman–Crippen MR) is 198 cm³/mol. The van der Waals surface area contributed by atoms with Gasteiger partial charge in [-0.15, -0.1) is 0 Å². The summed E-state index contributed by atoms with van der Waals surface area (Å²) in [6.45, 7) is 19.7. The van der Waals surface area contributed by atoms with Gasteiger partial charge in [-0.2, -0.15) is 0 Å². The standard InChI is InChI=1S/C30H35N3O3.C10H19NO4/c1-22-7-5-8-25(19-22)24-13-17-32(18-14-24)28(34)26-9-6-10-27(20-26)33(29(35)36-30(2,3)4)21-23-11-15-31-16-12-23;1-9(2,3)14-7(12)11-8(13)15-10(4,5)6/h5-12,15-16,19-20,24H,13-14,17-18,21H2,1-4H3;1-6H3,(H,11,12,13). The van der Waals surface area contributed by atoms with E-state index in [2.05, 4.69) is 36.2 Å². The van der Waals surface area contributed by atoms with Crippen molar-refractivity contribution >= 4 is 29.9 Å². The number of hydrogen-bond donors (Lipinski definition) is 1. The van der Waals surface area contributed by atoms with Crippen molar-refractivity contribution < 1.29 is 33.4 Å². The fourth-order valence-corrected chi connectivity index (χ4v) is 5.27. The summed E-state index contributed by atoms with van der Waals surface area (Å²) in [5.74, 6) is 0.468. The molecule has 1 N–H and O–H groups in total. The van der Waals surface area contributed by atoms with Crippen molar-refractivity contribution in [2.75, 3.05) is 18.0 Å². The molecule has 0 aliphatic carbocycles. The van der Waals surface area contributed by atoms with E-state index < -0.39 is 35.1 Å². The summed E-state index contributed by atoms with van der Waals surface area (Å²) < 4.78 is 15.4. The van der Waals surface area contributed by atoms with Crippen molar-refractivity contribution in [3.05, 3.63) is 95.3 Å². The number of likely N-dealkylation sites (tertiary alicyclic amines) is 1. The number of pyridine rings is 1. The second kappa shape index (κ2) is 17.3. The van der Waals surface area contributed by atoms with E-state index in [1.54, 1.807) is 64.9 Å². The fraction of sp³-hybridized carbons (Fsp3) is 0.475. The van der Waals surface area contributed by atoms with Crippen molar-refractivity contribution in [1.82, 2.24) is 15.2 Å². The number of carbonyl (C=O) groups is 4. The summed E-state index contributed by atoms with van der Waals surface area (Å²) in [6, 6.07) is 19.7. The predicted octanol–water partition coefficient (Wildman–Crippen LogP) is 8.80. The van der Waals surface area contributed by atoms with Gasteiger partial charge in [0.05, 0.1) is 6.54 Å². The van der Waals surface area contributed by atoms with Gasteiger partial charge in [-0.25, -0.2) is 19.7 Å². The number of ether oxygens (including phenoxy) is 3.